The Morgan fingerprint density at radius 1 is 1.33 bits per heavy atom. The zero-order valence-corrected chi connectivity index (χ0v) is 11.8. The van der Waals surface area contributed by atoms with Gasteiger partial charge in [0.05, 0.1) is 4.90 Å². The van der Waals surface area contributed by atoms with Gasteiger partial charge in [-0.1, -0.05) is 38.0 Å². The smallest absolute Gasteiger partial charge is 0.208 e. The monoisotopic (exact) mass is 267 g/mol. The largest absolute Gasteiger partial charge is 0.241 e. The minimum Gasteiger partial charge on any atom is -0.208 e. The van der Waals surface area contributed by atoms with Crippen LogP contribution in [0.3, 0.4) is 0 Å². The second-order valence-electron chi connectivity index (χ2n) is 5.17. The summed E-state index contributed by atoms with van der Waals surface area (Å²) in [5.41, 5.74) is 0.797. The molecule has 0 aliphatic heterocycles. The molecule has 1 aromatic rings. The van der Waals surface area contributed by atoms with Gasteiger partial charge in [-0.25, -0.2) is 13.1 Å². The number of hydrogen-bond acceptors (Lipinski definition) is 2. The highest BCUT2D eigenvalue weighted by atomic mass is 32.2. The molecular weight excluding hydrogens is 246 g/mol. The van der Waals surface area contributed by atoms with E-state index in [1.807, 2.05) is 26.0 Å². The van der Waals surface area contributed by atoms with Crippen LogP contribution in [0.25, 0.3) is 0 Å². The molecule has 1 unspecified atom stereocenters. The summed E-state index contributed by atoms with van der Waals surface area (Å²) in [6.45, 7) is 3.86. The standard InChI is InChI=1S/C14H21NO2S/c1-3-13(10-12-8-9-12)15-18(16,17)14-7-5-4-6-11(14)2/h4-7,12-13,15H,3,8-10H2,1-2H3. The summed E-state index contributed by atoms with van der Waals surface area (Å²) in [7, 11) is -3.37. The lowest BCUT2D eigenvalue weighted by Gasteiger charge is -2.17. The van der Waals surface area contributed by atoms with Crippen molar-refractivity contribution in [2.45, 2.75) is 50.5 Å². The molecule has 100 valence electrons. The molecule has 18 heavy (non-hydrogen) atoms. The number of rotatable bonds is 6. The van der Waals surface area contributed by atoms with Crippen molar-refractivity contribution in [1.29, 1.82) is 0 Å². The first-order chi connectivity index (χ1) is 8.53. The van der Waals surface area contributed by atoms with E-state index >= 15 is 0 Å². The fraction of sp³-hybridized carbons (Fsp3) is 0.571. The van der Waals surface area contributed by atoms with Crippen LogP contribution in [-0.2, 0) is 10.0 Å². The van der Waals surface area contributed by atoms with Crippen molar-refractivity contribution in [3.8, 4) is 0 Å². The molecule has 1 aliphatic rings. The summed E-state index contributed by atoms with van der Waals surface area (Å²) in [6, 6.07) is 7.19. The first kappa shape index (κ1) is 13.6. The van der Waals surface area contributed by atoms with Gasteiger partial charge in [-0.15, -0.1) is 0 Å². The van der Waals surface area contributed by atoms with Gasteiger partial charge in [-0.2, -0.15) is 0 Å². The normalized spacial score (nSPS) is 17.7. The minimum absolute atomic E-state index is 0.0714. The number of sulfonamides is 1. The highest BCUT2D eigenvalue weighted by Crippen LogP contribution is 2.34. The highest BCUT2D eigenvalue weighted by molar-refractivity contribution is 7.89. The van der Waals surface area contributed by atoms with E-state index in [1.54, 1.807) is 12.1 Å². The molecule has 1 fully saturated rings. The molecule has 0 amide bonds. The number of benzene rings is 1. The van der Waals surface area contributed by atoms with Crippen molar-refractivity contribution >= 4 is 10.0 Å². The summed E-state index contributed by atoms with van der Waals surface area (Å²) >= 11 is 0. The molecule has 0 radical (unpaired) electrons. The fourth-order valence-electron chi connectivity index (χ4n) is 2.19. The molecule has 3 nitrogen and oxygen atoms in total. The van der Waals surface area contributed by atoms with Gasteiger partial charge in [-0.05, 0) is 37.3 Å². The molecule has 4 heteroatoms. The zero-order chi connectivity index (χ0) is 13.2. The SMILES string of the molecule is CCC(CC1CC1)NS(=O)(=O)c1ccccc1C. The third kappa shape index (κ3) is 3.33. The van der Waals surface area contributed by atoms with E-state index in [4.69, 9.17) is 0 Å². The summed E-state index contributed by atoms with van der Waals surface area (Å²) in [6.07, 6.45) is 4.33. The number of hydrogen-bond donors (Lipinski definition) is 1. The maximum atomic E-state index is 12.3. The van der Waals surface area contributed by atoms with Crippen LogP contribution in [0.1, 0.15) is 38.2 Å². The van der Waals surface area contributed by atoms with Crippen molar-refractivity contribution < 1.29 is 8.42 Å². The predicted molar refractivity (Wildman–Crippen MR) is 72.9 cm³/mol. The van der Waals surface area contributed by atoms with Crippen LogP contribution in [0.2, 0.25) is 0 Å². The Hall–Kier alpha value is -0.870. The van der Waals surface area contributed by atoms with Gasteiger partial charge in [0.15, 0.2) is 0 Å². The van der Waals surface area contributed by atoms with Crippen LogP contribution < -0.4 is 4.72 Å². The lowest BCUT2D eigenvalue weighted by atomic mass is 10.1. The lowest BCUT2D eigenvalue weighted by Crippen LogP contribution is -2.35. The van der Waals surface area contributed by atoms with Crippen LogP contribution in [0, 0.1) is 12.8 Å². The van der Waals surface area contributed by atoms with Gasteiger partial charge in [0.1, 0.15) is 0 Å². The third-order valence-electron chi connectivity index (χ3n) is 3.51. The number of nitrogens with one attached hydrogen (secondary N) is 1. The summed E-state index contributed by atoms with van der Waals surface area (Å²) in [5, 5.41) is 0. The second-order valence-corrected chi connectivity index (χ2v) is 6.85. The van der Waals surface area contributed by atoms with Gasteiger partial charge in [0, 0.05) is 6.04 Å². The van der Waals surface area contributed by atoms with E-state index in [9.17, 15) is 8.42 Å². The van der Waals surface area contributed by atoms with E-state index in [0.29, 0.717) is 4.90 Å². The Morgan fingerprint density at radius 3 is 2.56 bits per heavy atom. The Kier molecular flexibility index (Phi) is 4.07. The van der Waals surface area contributed by atoms with Crippen molar-refractivity contribution in [3.05, 3.63) is 29.8 Å². The molecule has 0 spiro atoms. The highest BCUT2D eigenvalue weighted by Gasteiger charge is 2.27. The van der Waals surface area contributed by atoms with Gasteiger partial charge in [0.25, 0.3) is 0 Å². The zero-order valence-electron chi connectivity index (χ0n) is 11.0. The van der Waals surface area contributed by atoms with E-state index in [-0.39, 0.29) is 6.04 Å². The Labute approximate surface area is 110 Å². The maximum absolute atomic E-state index is 12.3. The molecule has 2 rings (SSSR count). The summed E-state index contributed by atoms with van der Waals surface area (Å²) in [4.78, 5) is 0.402. The van der Waals surface area contributed by atoms with E-state index < -0.39 is 10.0 Å². The van der Waals surface area contributed by atoms with E-state index in [1.165, 1.54) is 12.8 Å². The third-order valence-corrected chi connectivity index (χ3v) is 5.19. The molecule has 1 aliphatic carbocycles. The first-order valence-electron chi connectivity index (χ1n) is 6.61. The Balaban J connectivity index is 2.12. The average molecular weight is 267 g/mol. The number of aryl methyl sites for hydroxylation is 1. The molecule has 0 aromatic heterocycles. The van der Waals surface area contributed by atoms with Crippen LogP contribution in [0.15, 0.2) is 29.2 Å². The molecule has 0 bridgehead atoms. The predicted octanol–water partition coefficient (Wildman–Crippen LogP) is 2.85. The van der Waals surface area contributed by atoms with E-state index in [0.717, 1.165) is 24.3 Å². The summed E-state index contributed by atoms with van der Waals surface area (Å²) < 4.78 is 27.5. The topological polar surface area (TPSA) is 46.2 Å². The molecule has 0 saturated heterocycles. The van der Waals surface area contributed by atoms with Gasteiger partial charge in [-0.3, -0.25) is 0 Å². The summed E-state index contributed by atoms with van der Waals surface area (Å²) in [5.74, 6) is 0.731. The van der Waals surface area contributed by atoms with Crippen LogP contribution in [-0.4, -0.2) is 14.5 Å². The van der Waals surface area contributed by atoms with Crippen molar-refractivity contribution in [2.24, 2.45) is 5.92 Å². The van der Waals surface area contributed by atoms with Crippen LogP contribution in [0.4, 0.5) is 0 Å². The van der Waals surface area contributed by atoms with Gasteiger partial charge < -0.3 is 0 Å². The average Bonchev–Trinajstić information content (AvgIpc) is 3.12. The lowest BCUT2D eigenvalue weighted by molar-refractivity contribution is 0.495. The molecule has 1 aromatic carbocycles. The minimum atomic E-state index is -3.37. The Bertz CT molecular complexity index is 506. The van der Waals surface area contributed by atoms with Crippen molar-refractivity contribution in [2.75, 3.05) is 0 Å². The maximum Gasteiger partial charge on any atom is 0.241 e. The van der Waals surface area contributed by atoms with Gasteiger partial charge >= 0.3 is 0 Å². The Morgan fingerprint density at radius 2 is 2.00 bits per heavy atom. The molecule has 0 heterocycles. The van der Waals surface area contributed by atoms with Crippen LogP contribution >= 0.6 is 0 Å². The fourth-order valence-corrected chi connectivity index (χ4v) is 3.77. The second kappa shape index (κ2) is 5.41. The van der Waals surface area contributed by atoms with Gasteiger partial charge in [0.2, 0.25) is 10.0 Å². The molecule has 1 atom stereocenters. The van der Waals surface area contributed by atoms with E-state index in [2.05, 4.69) is 4.72 Å². The van der Waals surface area contributed by atoms with Crippen molar-refractivity contribution in [1.82, 2.24) is 4.72 Å². The molecule has 1 saturated carbocycles. The first-order valence-corrected chi connectivity index (χ1v) is 8.09. The molecule has 1 N–H and O–H groups in total. The molecular formula is C14H21NO2S. The van der Waals surface area contributed by atoms with Crippen LogP contribution in [0.5, 0.6) is 0 Å². The quantitative estimate of drug-likeness (QED) is 0.861. The van der Waals surface area contributed by atoms with Crippen molar-refractivity contribution in [3.63, 3.8) is 0 Å².